The van der Waals surface area contributed by atoms with Crippen LogP contribution in [0.1, 0.15) is 27.4 Å². The van der Waals surface area contributed by atoms with E-state index in [1.807, 2.05) is 0 Å². The highest BCUT2D eigenvalue weighted by molar-refractivity contribution is 6.01. The molecule has 0 amide bonds. The molecular weight excluding hydrogens is 332 g/mol. The monoisotopic (exact) mass is 344 g/mol. The Kier molecular flexibility index (Phi) is 2.37. The lowest BCUT2D eigenvalue weighted by atomic mass is 9.92. The summed E-state index contributed by atoms with van der Waals surface area (Å²) in [6.45, 7) is 0.212. The van der Waals surface area contributed by atoms with Crippen molar-refractivity contribution in [2.24, 2.45) is 0 Å². The van der Waals surface area contributed by atoms with Crippen molar-refractivity contribution in [2.45, 2.75) is 31.0 Å². The number of benzene rings is 1. The molecule has 128 valence electrons. The molecule has 5 heterocycles. The van der Waals surface area contributed by atoms with Crippen LogP contribution in [0.2, 0.25) is 0 Å². The van der Waals surface area contributed by atoms with Gasteiger partial charge in [-0.1, -0.05) is 0 Å². The van der Waals surface area contributed by atoms with E-state index in [0.717, 1.165) is 5.56 Å². The molecule has 4 atom stereocenters. The second-order valence-electron chi connectivity index (χ2n) is 6.44. The van der Waals surface area contributed by atoms with Gasteiger partial charge in [0.1, 0.15) is 28.7 Å². The summed E-state index contributed by atoms with van der Waals surface area (Å²) in [7, 11) is 1.52. The fourth-order valence-electron chi connectivity index (χ4n) is 4.13. The minimum absolute atomic E-state index is 0.0596. The molecule has 0 radical (unpaired) electrons. The summed E-state index contributed by atoms with van der Waals surface area (Å²) in [6, 6.07) is 1.75. The van der Waals surface area contributed by atoms with E-state index in [2.05, 4.69) is 0 Å². The number of hydrogen-bond donors (Lipinski definition) is 0. The third kappa shape index (κ3) is 1.58. The second-order valence-corrected chi connectivity index (χ2v) is 6.44. The van der Waals surface area contributed by atoms with Gasteiger partial charge in [-0.3, -0.25) is 0 Å². The van der Waals surface area contributed by atoms with Crippen molar-refractivity contribution in [3.8, 4) is 11.5 Å². The van der Waals surface area contributed by atoms with Crippen molar-refractivity contribution < 1.29 is 32.9 Å². The van der Waals surface area contributed by atoms with E-state index in [1.54, 1.807) is 6.07 Å². The summed E-state index contributed by atoms with van der Waals surface area (Å²) >= 11 is 0. The zero-order chi connectivity index (χ0) is 16.9. The lowest BCUT2D eigenvalue weighted by Crippen LogP contribution is -2.26. The van der Waals surface area contributed by atoms with Crippen LogP contribution in [0.25, 0.3) is 11.0 Å². The third-order valence-electron chi connectivity index (χ3n) is 5.23. The first-order valence-electron chi connectivity index (χ1n) is 8.02. The van der Waals surface area contributed by atoms with Gasteiger partial charge in [0.2, 0.25) is 6.29 Å². The maximum absolute atomic E-state index is 12.5. The zero-order valence-electron chi connectivity index (χ0n) is 13.1. The average molecular weight is 344 g/mol. The molecule has 1 aromatic heterocycles. The van der Waals surface area contributed by atoms with Gasteiger partial charge in [0.15, 0.2) is 6.29 Å². The molecule has 8 heteroatoms. The fourth-order valence-corrected chi connectivity index (χ4v) is 4.13. The Morgan fingerprint density at radius 1 is 1.20 bits per heavy atom. The van der Waals surface area contributed by atoms with Crippen molar-refractivity contribution in [1.29, 1.82) is 0 Å². The molecule has 0 bridgehead atoms. The molecule has 8 nitrogen and oxygen atoms in total. The zero-order valence-corrected chi connectivity index (χ0v) is 13.1. The number of esters is 1. The van der Waals surface area contributed by atoms with Crippen molar-refractivity contribution in [1.82, 2.24) is 0 Å². The number of epoxide rings is 1. The molecular formula is C17H12O8. The van der Waals surface area contributed by atoms with Crippen LogP contribution in [0.5, 0.6) is 11.5 Å². The van der Waals surface area contributed by atoms with Gasteiger partial charge >= 0.3 is 11.6 Å². The first kappa shape index (κ1) is 13.7. The van der Waals surface area contributed by atoms with E-state index in [1.165, 1.54) is 7.11 Å². The van der Waals surface area contributed by atoms with Crippen molar-refractivity contribution in [3.63, 3.8) is 0 Å². The number of hydrogen-bond acceptors (Lipinski definition) is 8. The molecule has 0 spiro atoms. The van der Waals surface area contributed by atoms with E-state index in [4.69, 9.17) is 28.1 Å². The molecule has 4 aliphatic heterocycles. The average Bonchev–Trinajstić information content (AvgIpc) is 3.11. The number of methoxy groups -OCH3 is 1. The Bertz CT molecular complexity index is 1020. The molecule has 1 aromatic carbocycles. The molecule has 2 aromatic rings. The minimum Gasteiger partial charge on any atom is -0.496 e. The van der Waals surface area contributed by atoms with Crippen LogP contribution in [0.3, 0.4) is 0 Å². The van der Waals surface area contributed by atoms with Gasteiger partial charge in [0.25, 0.3) is 0 Å². The van der Waals surface area contributed by atoms with Gasteiger partial charge in [-0.15, -0.1) is 0 Å². The molecule has 0 aliphatic carbocycles. The van der Waals surface area contributed by atoms with Gasteiger partial charge in [0, 0.05) is 12.5 Å². The van der Waals surface area contributed by atoms with Crippen LogP contribution in [-0.2, 0) is 20.6 Å². The highest BCUT2D eigenvalue weighted by Crippen LogP contribution is 2.57. The standard InChI is InChI=1S/C17H12O8/c1-20-6-4-7-10(11-13-17(24-13)25-16(11)22-7)12-8(6)5-2-3-21-14(18)9(5)15(19)23-12/h4,11,13,16-17H,2-3H2,1H3/t11-,13-,16+,17+/m1/s1. The Hall–Kier alpha value is -2.58. The van der Waals surface area contributed by atoms with Crippen molar-refractivity contribution in [3.05, 3.63) is 33.2 Å². The normalized spacial score (nSPS) is 30.8. The fraction of sp³-hybridized carbons (Fsp3) is 0.412. The first-order chi connectivity index (χ1) is 12.2. The van der Waals surface area contributed by atoms with Crippen LogP contribution in [-0.4, -0.2) is 38.4 Å². The van der Waals surface area contributed by atoms with Gasteiger partial charge in [-0.05, 0) is 5.56 Å². The van der Waals surface area contributed by atoms with E-state index in [0.29, 0.717) is 34.5 Å². The van der Waals surface area contributed by atoms with E-state index in [9.17, 15) is 9.59 Å². The molecule has 0 unspecified atom stereocenters. The summed E-state index contributed by atoms with van der Waals surface area (Å²) in [5.74, 6) is 0.208. The molecule has 0 N–H and O–H groups in total. The number of ether oxygens (including phenoxy) is 5. The Morgan fingerprint density at radius 2 is 2.08 bits per heavy atom. The van der Waals surface area contributed by atoms with E-state index in [-0.39, 0.29) is 30.5 Å². The molecule has 2 fully saturated rings. The molecule has 2 saturated heterocycles. The van der Waals surface area contributed by atoms with Crippen LogP contribution in [0, 0.1) is 0 Å². The van der Waals surface area contributed by atoms with E-state index < -0.39 is 17.9 Å². The predicted molar refractivity (Wildman–Crippen MR) is 79.9 cm³/mol. The minimum atomic E-state index is -0.710. The quantitative estimate of drug-likeness (QED) is 0.431. The maximum atomic E-state index is 12.5. The topological polar surface area (TPSA) is 96.7 Å². The number of rotatable bonds is 1. The van der Waals surface area contributed by atoms with Crippen LogP contribution >= 0.6 is 0 Å². The second kappa shape index (κ2) is 4.33. The summed E-state index contributed by atoms with van der Waals surface area (Å²) in [6.07, 6.45) is -0.402. The van der Waals surface area contributed by atoms with Crippen molar-refractivity contribution >= 4 is 16.9 Å². The Morgan fingerprint density at radius 3 is 2.92 bits per heavy atom. The third-order valence-corrected chi connectivity index (χ3v) is 5.23. The van der Waals surface area contributed by atoms with Crippen LogP contribution < -0.4 is 15.1 Å². The lowest BCUT2D eigenvalue weighted by molar-refractivity contribution is -0.109. The van der Waals surface area contributed by atoms with Crippen LogP contribution in [0.4, 0.5) is 0 Å². The summed E-state index contributed by atoms with van der Waals surface area (Å²) in [5.41, 5.74) is 0.941. The number of carbonyl (C=O) groups is 1. The molecule has 0 saturated carbocycles. The molecule has 6 rings (SSSR count). The van der Waals surface area contributed by atoms with Crippen LogP contribution in [0.15, 0.2) is 15.3 Å². The smallest absolute Gasteiger partial charge is 0.351 e. The summed E-state index contributed by atoms with van der Waals surface area (Å²) in [4.78, 5) is 24.5. The van der Waals surface area contributed by atoms with Gasteiger partial charge in [0.05, 0.1) is 30.6 Å². The molecule has 4 aliphatic rings. The number of carbonyl (C=O) groups excluding carboxylic acids is 1. The lowest BCUT2D eigenvalue weighted by Gasteiger charge is -2.19. The highest BCUT2D eigenvalue weighted by atomic mass is 16.8. The van der Waals surface area contributed by atoms with E-state index >= 15 is 0 Å². The Balaban J connectivity index is 1.73. The number of fused-ring (bicyclic) bond motifs is 9. The summed E-state index contributed by atoms with van der Waals surface area (Å²) in [5, 5.41) is 0.612. The molecule has 25 heavy (non-hydrogen) atoms. The first-order valence-corrected chi connectivity index (χ1v) is 8.02. The van der Waals surface area contributed by atoms with Gasteiger partial charge in [-0.25, -0.2) is 9.59 Å². The van der Waals surface area contributed by atoms with Crippen molar-refractivity contribution in [2.75, 3.05) is 13.7 Å². The Labute approximate surface area is 140 Å². The van der Waals surface area contributed by atoms with Gasteiger partial charge in [-0.2, -0.15) is 0 Å². The largest absolute Gasteiger partial charge is 0.496 e. The number of cyclic esters (lactones) is 1. The SMILES string of the molecule is COc1cc2c(c3oc(=O)c4c(c13)CCOC4=O)[C@H]1[C@@H](O2)O[C@@H]2O[C@@H]21. The van der Waals surface area contributed by atoms with Gasteiger partial charge < -0.3 is 28.1 Å². The predicted octanol–water partition coefficient (Wildman–Crippen LogP) is 1.07. The summed E-state index contributed by atoms with van der Waals surface area (Å²) < 4.78 is 33.0. The maximum Gasteiger partial charge on any atom is 0.351 e. The highest BCUT2D eigenvalue weighted by Gasteiger charge is 2.63.